The Morgan fingerprint density at radius 2 is 2.00 bits per heavy atom. The summed E-state index contributed by atoms with van der Waals surface area (Å²) in [4.78, 5) is 26.1. The Labute approximate surface area is 83.9 Å². The highest BCUT2D eigenvalue weighted by Crippen LogP contribution is 2.07. The van der Waals surface area contributed by atoms with Crippen LogP contribution in [0.5, 0.6) is 0 Å². The fourth-order valence-corrected chi connectivity index (χ4v) is 0.696. The molecule has 0 heterocycles. The predicted octanol–water partition coefficient (Wildman–Crippen LogP) is 0.738. The second kappa shape index (κ2) is 5.59. The molecule has 0 radical (unpaired) electrons. The molecule has 0 saturated carbocycles. The van der Waals surface area contributed by atoms with E-state index in [1.54, 1.807) is 20.8 Å². The van der Waals surface area contributed by atoms with Gasteiger partial charge in [0.2, 0.25) is 6.41 Å². The molecule has 0 aliphatic carbocycles. The van der Waals surface area contributed by atoms with Gasteiger partial charge in [-0.2, -0.15) is 0 Å². The van der Waals surface area contributed by atoms with Crippen molar-refractivity contribution in [3.63, 3.8) is 0 Å². The van der Waals surface area contributed by atoms with Crippen LogP contribution in [0.15, 0.2) is 0 Å². The van der Waals surface area contributed by atoms with Crippen LogP contribution in [-0.4, -0.2) is 36.7 Å². The van der Waals surface area contributed by atoms with Crippen molar-refractivity contribution in [2.24, 2.45) is 0 Å². The third kappa shape index (κ3) is 7.54. The first kappa shape index (κ1) is 12.9. The van der Waals surface area contributed by atoms with Crippen molar-refractivity contribution < 1.29 is 19.2 Å². The summed E-state index contributed by atoms with van der Waals surface area (Å²) in [6, 6.07) is 0. The largest absolute Gasteiger partial charge is 0.460 e. The molecule has 0 aromatic carbocycles. The van der Waals surface area contributed by atoms with Gasteiger partial charge >= 0.3 is 5.97 Å². The summed E-state index contributed by atoms with van der Waals surface area (Å²) >= 11 is 0. The Morgan fingerprint density at radius 1 is 1.43 bits per heavy atom. The van der Waals surface area contributed by atoms with E-state index in [1.807, 2.05) is 0 Å². The van der Waals surface area contributed by atoms with E-state index in [4.69, 9.17) is 9.57 Å². The Bertz CT molecular complexity index is 197. The molecule has 0 bridgehead atoms. The molecule has 0 unspecified atom stereocenters. The molecule has 0 rings (SSSR count). The van der Waals surface area contributed by atoms with Gasteiger partial charge in [-0.05, 0) is 20.8 Å². The van der Waals surface area contributed by atoms with Crippen molar-refractivity contribution in [3.05, 3.63) is 0 Å². The molecule has 0 fully saturated rings. The third-order valence-corrected chi connectivity index (χ3v) is 1.17. The molecule has 5 nitrogen and oxygen atoms in total. The molecule has 0 aromatic rings. The standard InChI is InChI=1S/C9H17NO4/c1-9(2,3)14-8(12)5-6-13-10(4)7-11/h7H,5-6H2,1-4H3. The van der Waals surface area contributed by atoms with Gasteiger partial charge in [-0.3, -0.25) is 14.4 Å². The molecule has 14 heavy (non-hydrogen) atoms. The van der Waals surface area contributed by atoms with Crippen molar-refractivity contribution >= 4 is 12.4 Å². The van der Waals surface area contributed by atoms with E-state index in [0.717, 1.165) is 5.06 Å². The SMILES string of the molecule is CN(C=O)OCCC(=O)OC(C)(C)C. The summed E-state index contributed by atoms with van der Waals surface area (Å²) in [6.45, 7) is 5.53. The minimum Gasteiger partial charge on any atom is -0.460 e. The number of amides is 1. The van der Waals surface area contributed by atoms with Gasteiger partial charge < -0.3 is 4.74 Å². The lowest BCUT2D eigenvalue weighted by atomic mass is 10.2. The summed E-state index contributed by atoms with van der Waals surface area (Å²) < 4.78 is 5.03. The molecular weight excluding hydrogens is 186 g/mol. The summed E-state index contributed by atoms with van der Waals surface area (Å²) in [6.07, 6.45) is 0.657. The van der Waals surface area contributed by atoms with Crippen LogP contribution in [0.2, 0.25) is 0 Å². The second-order valence-corrected chi connectivity index (χ2v) is 3.82. The van der Waals surface area contributed by atoms with Crippen LogP contribution in [0.4, 0.5) is 0 Å². The fourth-order valence-electron chi connectivity index (χ4n) is 0.696. The Balaban J connectivity index is 3.60. The number of hydrogen-bond acceptors (Lipinski definition) is 4. The Hall–Kier alpha value is -1.10. The smallest absolute Gasteiger partial charge is 0.308 e. The minimum absolute atomic E-state index is 0.134. The zero-order chi connectivity index (χ0) is 11.2. The number of rotatable bonds is 5. The average Bonchev–Trinajstić information content (AvgIpc) is 2.00. The third-order valence-electron chi connectivity index (χ3n) is 1.17. The number of hydroxylamine groups is 2. The number of esters is 1. The van der Waals surface area contributed by atoms with E-state index >= 15 is 0 Å². The van der Waals surface area contributed by atoms with Gasteiger partial charge in [-0.25, -0.2) is 5.06 Å². The molecule has 5 heteroatoms. The van der Waals surface area contributed by atoms with Crippen LogP contribution in [0.1, 0.15) is 27.2 Å². The minimum atomic E-state index is -0.479. The van der Waals surface area contributed by atoms with Crippen molar-refractivity contribution in [2.75, 3.05) is 13.7 Å². The van der Waals surface area contributed by atoms with Crippen molar-refractivity contribution in [2.45, 2.75) is 32.8 Å². The van der Waals surface area contributed by atoms with Crippen LogP contribution < -0.4 is 0 Å². The van der Waals surface area contributed by atoms with E-state index < -0.39 is 5.60 Å². The van der Waals surface area contributed by atoms with E-state index in [9.17, 15) is 9.59 Å². The lowest BCUT2D eigenvalue weighted by Crippen LogP contribution is -2.25. The Kier molecular flexibility index (Phi) is 5.15. The number of carbonyl (C=O) groups excluding carboxylic acids is 2. The van der Waals surface area contributed by atoms with Gasteiger partial charge in [0.25, 0.3) is 0 Å². The van der Waals surface area contributed by atoms with Gasteiger partial charge in [0.1, 0.15) is 5.60 Å². The highest BCUT2D eigenvalue weighted by molar-refractivity contribution is 5.69. The summed E-state index contributed by atoms with van der Waals surface area (Å²) in [7, 11) is 1.46. The van der Waals surface area contributed by atoms with E-state index in [2.05, 4.69) is 0 Å². The molecule has 0 aliphatic rings. The second-order valence-electron chi connectivity index (χ2n) is 3.82. The number of hydrogen-bond donors (Lipinski definition) is 0. The summed E-state index contributed by atoms with van der Waals surface area (Å²) in [5.41, 5.74) is -0.479. The van der Waals surface area contributed by atoms with Gasteiger partial charge in [0, 0.05) is 7.05 Å². The monoisotopic (exact) mass is 203 g/mol. The lowest BCUT2D eigenvalue weighted by molar-refractivity contribution is -0.172. The molecule has 0 atom stereocenters. The van der Waals surface area contributed by atoms with Gasteiger partial charge in [0.05, 0.1) is 13.0 Å². The molecule has 0 aromatic heterocycles. The maximum Gasteiger partial charge on any atom is 0.308 e. The molecule has 0 spiro atoms. The lowest BCUT2D eigenvalue weighted by Gasteiger charge is -2.19. The molecule has 0 N–H and O–H groups in total. The zero-order valence-corrected chi connectivity index (χ0v) is 9.07. The number of carbonyl (C=O) groups is 2. The van der Waals surface area contributed by atoms with E-state index in [-0.39, 0.29) is 19.0 Å². The molecular formula is C9H17NO4. The average molecular weight is 203 g/mol. The van der Waals surface area contributed by atoms with Gasteiger partial charge in [-0.15, -0.1) is 0 Å². The van der Waals surface area contributed by atoms with Crippen LogP contribution in [-0.2, 0) is 19.2 Å². The van der Waals surface area contributed by atoms with Crippen molar-refractivity contribution in [1.29, 1.82) is 0 Å². The van der Waals surface area contributed by atoms with Crippen LogP contribution in [0.3, 0.4) is 0 Å². The zero-order valence-electron chi connectivity index (χ0n) is 9.07. The van der Waals surface area contributed by atoms with Crippen LogP contribution in [0, 0.1) is 0 Å². The van der Waals surface area contributed by atoms with E-state index in [1.165, 1.54) is 7.05 Å². The Morgan fingerprint density at radius 3 is 2.43 bits per heavy atom. The molecule has 0 aliphatic heterocycles. The normalized spacial score (nSPS) is 10.9. The topological polar surface area (TPSA) is 55.8 Å². The number of ether oxygens (including phenoxy) is 1. The highest BCUT2D eigenvalue weighted by Gasteiger charge is 2.15. The van der Waals surface area contributed by atoms with Crippen LogP contribution in [0.25, 0.3) is 0 Å². The first-order chi connectivity index (χ1) is 6.35. The molecule has 0 saturated heterocycles. The van der Waals surface area contributed by atoms with Gasteiger partial charge in [-0.1, -0.05) is 0 Å². The van der Waals surface area contributed by atoms with Crippen LogP contribution >= 0.6 is 0 Å². The first-order valence-electron chi connectivity index (χ1n) is 4.38. The van der Waals surface area contributed by atoms with E-state index in [0.29, 0.717) is 6.41 Å². The molecule has 1 amide bonds. The number of nitrogens with zero attached hydrogens (tertiary/aromatic N) is 1. The fraction of sp³-hybridized carbons (Fsp3) is 0.778. The first-order valence-corrected chi connectivity index (χ1v) is 4.38. The maximum atomic E-state index is 11.1. The maximum absolute atomic E-state index is 11.1. The quantitative estimate of drug-likeness (QED) is 0.375. The molecule has 82 valence electrons. The summed E-state index contributed by atoms with van der Waals surface area (Å²) in [5.74, 6) is -0.336. The predicted molar refractivity (Wildman–Crippen MR) is 50.2 cm³/mol. The van der Waals surface area contributed by atoms with Crippen molar-refractivity contribution in [3.8, 4) is 0 Å². The summed E-state index contributed by atoms with van der Waals surface area (Å²) in [5, 5.41) is 1.00. The van der Waals surface area contributed by atoms with Crippen molar-refractivity contribution in [1.82, 2.24) is 5.06 Å². The van der Waals surface area contributed by atoms with Gasteiger partial charge in [0.15, 0.2) is 0 Å². The highest BCUT2D eigenvalue weighted by atomic mass is 16.7.